The molecule has 0 amide bonds. The normalized spacial score (nSPS) is 15.7. The Labute approximate surface area is 60.3 Å². The Morgan fingerprint density at radius 3 is 2.78 bits per heavy atom. The average Bonchev–Trinajstić information content (AvgIpc) is 1.83. The van der Waals surface area contributed by atoms with Crippen LogP contribution in [-0.2, 0) is 0 Å². The standard InChI is InChI=1S/C6H12ClNO/c1-2-5(8)3-4-6(7)9/h3,6,9H,2,4,8H2,1H3/b5-3+. The Hall–Kier alpha value is -0.210. The Bertz CT molecular complexity index is 101. The molecule has 0 bridgehead atoms. The zero-order valence-electron chi connectivity index (χ0n) is 5.47. The molecule has 0 aliphatic rings. The molecule has 54 valence electrons. The van der Waals surface area contributed by atoms with Crippen LogP contribution in [0.5, 0.6) is 0 Å². The molecule has 9 heavy (non-hydrogen) atoms. The van der Waals surface area contributed by atoms with Crippen molar-refractivity contribution >= 4 is 11.6 Å². The summed E-state index contributed by atoms with van der Waals surface area (Å²) in [5, 5.41) is 8.56. The fourth-order valence-electron chi connectivity index (χ4n) is 0.393. The number of aliphatic hydroxyl groups is 1. The summed E-state index contributed by atoms with van der Waals surface area (Å²) in [6, 6.07) is 0. The van der Waals surface area contributed by atoms with Gasteiger partial charge in [-0.25, -0.2) is 0 Å². The lowest BCUT2D eigenvalue weighted by Gasteiger charge is -1.96. The van der Waals surface area contributed by atoms with Crippen LogP contribution < -0.4 is 5.73 Å². The van der Waals surface area contributed by atoms with Crippen molar-refractivity contribution in [2.45, 2.75) is 25.3 Å². The second-order valence-corrected chi connectivity index (χ2v) is 2.31. The van der Waals surface area contributed by atoms with Gasteiger partial charge < -0.3 is 10.8 Å². The average molecular weight is 150 g/mol. The van der Waals surface area contributed by atoms with E-state index in [-0.39, 0.29) is 0 Å². The summed E-state index contributed by atoms with van der Waals surface area (Å²) in [5.41, 5.74) is 5.39. The van der Waals surface area contributed by atoms with Gasteiger partial charge >= 0.3 is 0 Å². The van der Waals surface area contributed by atoms with Crippen LogP contribution in [0.3, 0.4) is 0 Å². The van der Waals surface area contributed by atoms with E-state index < -0.39 is 5.56 Å². The van der Waals surface area contributed by atoms with Crippen molar-refractivity contribution in [3.8, 4) is 0 Å². The first kappa shape index (κ1) is 8.79. The molecule has 0 aromatic heterocycles. The highest BCUT2D eigenvalue weighted by Gasteiger charge is 1.92. The van der Waals surface area contributed by atoms with Gasteiger partial charge in [0.25, 0.3) is 0 Å². The summed E-state index contributed by atoms with van der Waals surface area (Å²) in [6.45, 7) is 1.95. The van der Waals surface area contributed by atoms with Gasteiger partial charge in [0.05, 0.1) is 0 Å². The molecule has 3 heteroatoms. The third-order valence-electron chi connectivity index (χ3n) is 0.983. The lowest BCUT2D eigenvalue weighted by Crippen LogP contribution is -1.98. The van der Waals surface area contributed by atoms with Gasteiger partial charge in [-0.3, -0.25) is 0 Å². The fraction of sp³-hybridized carbons (Fsp3) is 0.667. The van der Waals surface area contributed by atoms with Gasteiger partial charge in [0.2, 0.25) is 0 Å². The number of hydrogen-bond donors (Lipinski definition) is 2. The maximum atomic E-state index is 8.56. The molecule has 3 N–H and O–H groups in total. The van der Waals surface area contributed by atoms with Gasteiger partial charge in [-0.2, -0.15) is 0 Å². The van der Waals surface area contributed by atoms with Crippen molar-refractivity contribution in [2.24, 2.45) is 5.73 Å². The van der Waals surface area contributed by atoms with E-state index in [0.717, 1.165) is 12.1 Å². The molecule has 0 spiro atoms. The van der Waals surface area contributed by atoms with Crippen molar-refractivity contribution in [3.63, 3.8) is 0 Å². The van der Waals surface area contributed by atoms with E-state index in [0.29, 0.717) is 6.42 Å². The molecule has 0 aliphatic carbocycles. The van der Waals surface area contributed by atoms with Gasteiger partial charge in [-0.15, -0.1) is 0 Å². The molecular weight excluding hydrogens is 138 g/mol. The molecule has 0 aromatic rings. The molecule has 0 aromatic carbocycles. The van der Waals surface area contributed by atoms with Crippen LogP contribution in [0.4, 0.5) is 0 Å². The van der Waals surface area contributed by atoms with Crippen molar-refractivity contribution in [1.82, 2.24) is 0 Å². The van der Waals surface area contributed by atoms with Crippen LogP contribution in [-0.4, -0.2) is 10.7 Å². The lowest BCUT2D eigenvalue weighted by molar-refractivity contribution is 0.260. The highest BCUT2D eigenvalue weighted by Crippen LogP contribution is 2.00. The minimum Gasteiger partial charge on any atom is -0.402 e. The highest BCUT2D eigenvalue weighted by molar-refractivity contribution is 6.19. The summed E-state index contributed by atoms with van der Waals surface area (Å²) >= 11 is 5.23. The monoisotopic (exact) mass is 149 g/mol. The predicted octanol–water partition coefficient (Wildman–Crippen LogP) is 1.19. The topological polar surface area (TPSA) is 46.2 Å². The molecule has 0 fully saturated rings. The van der Waals surface area contributed by atoms with Gasteiger partial charge in [-0.1, -0.05) is 24.6 Å². The van der Waals surface area contributed by atoms with Crippen LogP contribution in [0, 0.1) is 0 Å². The largest absolute Gasteiger partial charge is 0.402 e. The molecule has 0 aliphatic heterocycles. The van der Waals surface area contributed by atoms with E-state index in [4.69, 9.17) is 22.4 Å². The first-order valence-corrected chi connectivity index (χ1v) is 3.37. The maximum Gasteiger partial charge on any atom is 0.131 e. The predicted molar refractivity (Wildman–Crippen MR) is 39.0 cm³/mol. The van der Waals surface area contributed by atoms with Crippen LogP contribution in [0.25, 0.3) is 0 Å². The van der Waals surface area contributed by atoms with Gasteiger partial charge in [0, 0.05) is 12.1 Å². The van der Waals surface area contributed by atoms with E-state index >= 15 is 0 Å². The summed E-state index contributed by atoms with van der Waals surface area (Å²) in [5.74, 6) is 0. The first-order valence-electron chi connectivity index (χ1n) is 2.93. The summed E-state index contributed by atoms with van der Waals surface area (Å²) < 4.78 is 0. The van der Waals surface area contributed by atoms with Crippen molar-refractivity contribution in [1.29, 1.82) is 0 Å². The molecular formula is C6H12ClNO. The number of allylic oxidation sites excluding steroid dienone is 1. The quantitative estimate of drug-likeness (QED) is 0.593. The van der Waals surface area contributed by atoms with Crippen LogP contribution in [0.2, 0.25) is 0 Å². The van der Waals surface area contributed by atoms with Crippen molar-refractivity contribution < 1.29 is 5.11 Å². The minimum atomic E-state index is -0.796. The van der Waals surface area contributed by atoms with E-state index in [1.54, 1.807) is 6.08 Å². The second-order valence-electron chi connectivity index (χ2n) is 1.80. The van der Waals surface area contributed by atoms with Crippen LogP contribution in [0.1, 0.15) is 19.8 Å². The van der Waals surface area contributed by atoms with E-state index in [1.807, 2.05) is 6.92 Å². The highest BCUT2D eigenvalue weighted by atomic mass is 35.5. The Balaban J connectivity index is 3.43. The zero-order chi connectivity index (χ0) is 7.28. The molecule has 2 nitrogen and oxygen atoms in total. The van der Waals surface area contributed by atoms with Gasteiger partial charge in [-0.05, 0) is 6.42 Å². The van der Waals surface area contributed by atoms with E-state index in [1.165, 1.54) is 0 Å². The van der Waals surface area contributed by atoms with Crippen LogP contribution in [0.15, 0.2) is 11.8 Å². The van der Waals surface area contributed by atoms with Gasteiger partial charge in [0.1, 0.15) is 5.56 Å². The fourth-order valence-corrected chi connectivity index (χ4v) is 0.482. The lowest BCUT2D eigenvalue weighted by atomic mass is 10.3. The Morgan fingerprint density at radius 2 is 2.44 bits per heavy atom. The molecule has 0 radical (unpaired) electrons. The first-order chi connectivity index (χ1) is 4.16. The minimum absolute atomic E-state index is 0.432. The Morgan fingerprint density at radius 1 is 1.89 bits per heavy atom. The summed E-state index contributed by atoms with van der Waals surface area (Å²) in [7, 11) is 0. The summed E-state index contributed by atoms with van der Waals surface area (Å²) in [4.78, 5) is 0. The molecule has 1 atom stereocenters. The number of rotatable bonds is 3. The molecule has 0 heterocycles. The number of nitrogens with two attached hydrogens (primary N) is 1. The third-order valence-corrected chi connectivity index (χ3v) is 1.16. The number of aliphatic hydroxyl groups excluding tert-OH is 1. The Kier molecular flexibility index (Phi) is 4.54. The third kappa shape index (κ3) is 5.66. The van der Waals surface area contributed by atoms with Gasteiger partial charge in [0.15, 0.2) is 0 Å². The number of halogens is 1. The molecule has 1 unspecified atom stereocenters. The van der Waals surface area contributed by atoms with Crippen LogP contribution >= 0.6 is 11.6 Å². The summed E-state index contributed by atoms with van der Waals surface area (Å²) in [6.07, 6.45) is 2.97. The second kappa shape index (κ2) is 4.65. The molecule has 0 saturated heterocycles. The zero-order valence-corrected chi connectivity index (χ0v) is 6.23. The smallest absolute Gasteiger partial charge is 0.131 e. The van der Waals surface area contributed by atoms with Crippen molar-refractivity contribution in [3.05, 3.63) is 11.8 Å². The van der Waals surface area contributed by atoms with Crippen molar-refractivity contribution in [2.75, 3.05) is 0 Å². The number of hydrogen-bond acceptors (Lipinski definition) is 2. The maximum absolute atomic E-state index is 8.56. The number of alkyl halides is 1. The molecule has 0 saturated carbocycles. The van der Waals surface area contributed by atoms with E-state index in [2.05, 4.69) is 0 Å². The SMILES string of the molecule is CC/C(N)=C\CC(O)Cl. The van der Waals surface area contributed by atoms with E-state index in [9.17, 15) is 0 Å². The molecule has 0 rings (SSSR count).